The zero-order valence-corrected chi connectivity index (χ0v) is 11.0. The number of halogens is 1. The van der Waals surface area contributed by atoms with Crippen LogP contribution in [0, 0.1) is 16.7 Å². The van der Waals surface area contributed by atoms with E-state index >= 15 is 0 Å². The van der Waals surface area contributed by atoms with Crippen molar-refractivity contribution >= 4 is 18.3 Å². The molecule has 2 aliphatic rings. The highest BCUT2D eigenvalue weighted by atomic mass is 35.5. The van der Waals surface area contributed by atoms with Crippen LogP contribution in [-0.4, -0.2) is 19.0 Å². The molecule has 2 aliphatic carbocycles. The van der Waals surface area contributed by atoms with E-state index in [0.717, 1.165) is 12.5 Å². The summed E-state index contributed by atoms with van der Waals surface area (Å²) in [7, 11) is 0. The van der Waals surface area contributed by atoms with E-state index in [-0.39, 0.29) is 24.9 Å². The largest absolute Gasteiger partial charge is 0.354 e. The first-order valence-electron chi connectivity index (χ1n) is 5.99. The maximum Gasteiger partial charge on any atom is 0.233 e. The molecule has 94 valence electrons. The molecule has 0 radical (unpaired) electrons. The van der Waals surface area contributed by atoms with Crippen LogP contribution in [0.15, 0.2) is 0 Å². The standard InChI is InChI=1S/C12H22N2O.ClH/c1-11(2)9-3-5-12(11,6-4-9)8-14-10(15)7-13;/h9H,3-8,13H2,1-2H3,(H,14,15);1H. The molecular weight excluding hydrogens is 224 g/mol. The Hall–Kier alpha value is -0.280. The SMILES string of the molecule is CC1(C)C2CCC1(CNC(=O)CN)CC2.Cl. The summed E-state index contributed by atoms with van der Waals surface area (Å²) in [6, 6.07) is 0. The summed E-state index contributed by atoms with van der Waals surface area (Å²) in [6.07, 6.45) is 5.22. The van der Waals surface area contributed by atoms with E-state index in [1.54, 1.807) is 0 Å². The Kier molecular flexibility index (Phi) is 3.91. The van der Waals surface area contributed by atoms with Crippen molar-refractivity contribution in [2.75, 3.05) is 13.1 Å². The molecule has 0 aromatic heterocycles. The van der Waals surface area contributed by atoms with Crippen LogP contribution in [0.25, 0.3) is 0 Å². The lowest BCUT2D eigenvalue weighted by molar-refractivity contribution is -0.120. The first-order chi connectivity index (χ1) is 7.02. The second-order valence-corrected chi connectivity index (χ2v) is 5.76. The van der Waals surface area contributed by atoms with Gasteiger partial charge in [-0.25, -0.2) is 0 Å². The number of hydrogen-bond acceptors (Lipinski definition) is 2. The molecule has 0 spiro atoms. The molecule has 2 fully saturated rings. The van der Waals surface area contributed by atoms with Gasteiger partial charge in [-0.15, -0.1) is 12.4 Å². The molecule has 3 nitrogen and oxygen atoms in total. The monoisotopic (exact) mass is 246 g/mol. The minimum Gasteiger partial charge on any atom is -0.354 e. The Balaban J connectivity index is 0.00000128. The molecule has 4 heteroatoms. The summed E-state index contributed by atoms with van der Waals surface area (Å²) in [5.74, 6) is 0.850. The predicted octanol–water partition coefficient (Wildman–Crippen LogP) is 1.70. The molecule has 1 amide bonds. The zero-order chi connectivity index (χ0) is 11.1. The zero-order valence-electron chi connectivity index (χ0n) is 10.2. The number of nitrogens with two attached hydrogens (primary N) is 1. The van der Waals surface area contributed by atoms with E-state index in [9.17, 15) is 4.79 Å². The van der Waals surface area contributed by atoms with Crippen molar-refractivity contribution in [3.8, 4) is 0 Å². The maximum atomic E-state index is 11.2. The molecule has 0 aromatic rings. The highest BCUT2D eigenvalue weighted by molar-refractivity contribution is 5.85. The van der Waals surface area contributed by atoms with Gasteiger partial charge < -0.3 is 11.1 Å². The Morgan fingerprint density at radius 3 is 2.31 bits per heavy atom. The molecule has 0 aromatic carbocycles. The van der Waals surface area contributed by atoms with Gasteiger partial charge in [0.1, 0.15) is 0 Å². The third-order valence-corrected chi connectivity index (χ3v) is 5.14. The van der Waals surface area contributed by atoms with Crippen LogP contribution < -0.4 is 11.1 Å². The predicted molar refractivity (Wildman–Crippen MR) is 67.5 cm³/mol. The fraction of sp³-hybridized carbons (Fsp3) is 0.917. The van der Waals surface area contributed by atoms with Crippen molar-refractivity contribution in [1.29, 1.82) is 0 Å². The topological polar surface area (TPSA) is 55.1 Å². The van der Waals surface area contributed by atoms with Crippen molar-refractivity contribution in [1.82, 2.24) is 5.32 Å². The van der Waals surface area contributed by atoms with Crippen molar-refractivity contribution in [3.63, 3.8) is 0 Å². The lowest BCUT2D eigenvalue weighted by Gasteiger charge is -2.38. The normalized spacial score (nSPS) is 34.6. The average Bonchev–Trinajstić information content (AvgIpc) is 2.62. The van der Waals surface area contributed by atoms with Gasteiger partial charge in [-0.2, -0.15) is 0 Å². The molecule has 0 aliphatic heterocycles. The quantitative estimate of drug-likeness (QED) is 0.797. The van der Waals surface area contributed by atoms with Crippen LogP contribution >= 0.6 is 12.4 Å². The van der Waals surface area contributed by atoms with Gasteiger partial charge in [0.25, 0.3) is 0 Å². The van der Waals surface area contributed by atoms with Gasteiger partial charge in [-0.3, -0.25) is 4.79 Å². The summed E-state index contributed by atoms with van der Waals surface area (Å²) in [5.41, 5.74) is 6.05. The van der Waals surface area contributed by atoms with Gasteiger partial charge in [-0.1, -0.05) is 13.8 Å². The molecular formula is C12H23ClN2O. The van der Waals surface area contributed by atoms with Crippen LogP contribution in [-0.2, 0) is 4.79 Å². The highest BCUT2D eigenvalue weighted by Gasteiger charge is 2.58. The number of carbonyl (C=O) groups is 1. The number of carbonyl (C=O) groups excluding carboxylic acids is 1. The number of rotatable bonds is 3. The van der Waals surface area contributed by atoms with Crippen molar-refractivity contribution < 1.29 is 4.79 Å². The first-order valence-corrected chi connectivity index (χ1v) is 5.99. The Morgan fingerprint density at radius 1 is 1.38 bits per heavy atom. The molecule has 2 bridgehead atoms. The Bertz CT molecular complexity index is 270. The lowest BCUT2D eigenvalue weighted by Crippen LogP contribution is -2.43. The molecule has 0 atom stereocenters. The van der Waals surface area contributed by atoms with Gasteiger partial charge in [0.15, 0.2) is 0 Å². The summed E-state index contributed by atoms with van der Waals surface area (Å²) >= 11 is 0. The van der Waals surface area contributed by atoms with E-state index in [2.05, 4.69) is 19.2 Å². The maximum absolute atomic E-state index is 11.2. The molecule has 0 heterocycles. The molecule has 2 rings (SSSR count). The van der Waals surface area contributed by atoms with Gasteiger partial charge >= 0.3 is 0 Å². The van der Waals surface area contributed by atoms with Crippen LogP contribution in [0.1, 0.15) is 39.5 Å². The van der Waals surface area contributed by atoms with Crippen LogP contribution in [0.3, 0.4) is 0 Å². The Labute approximate surface area is 104 Å². The average molecular weight is 247 g/mol. The third-order valence-electron chi connectivity index (χ3n) is 5.14. The molecule has 0 unspecified atom stereocenters. The molecule has 3 N–H and O–H groups in total. The second kappa shape index (κ2) is 4.53. The van der Waals surface area contributed by atoms with Crippen molar-refractivity contribution in [3.05, 3.63) is 0 Å². The van der Waals surface area contributed by atoms with E-state index in [4.69, 9.17) is 5.73 Å². The first kappa shape index (κ1) is 13.8. The van der Waals surface area contributed by atoms with E-state index in [1.807, 2.05) is 0 Å². The van der Waals surface area contributed by atoms with E-state index in [1.165, 1.54) is 25.7 Å². The number of fused-ring (bicyclic) bond motifs is 2. The van der Waals surface area contributed by atoms with Gasteiger partial charge in [0.05, 0.1) is 6.54 Å². The highest BCUT2D eigenvalue weighted by Crippen LogP contribution is 2.65. The minimum atomic E-state index is -0.0180. The van der Waals surface area contributed by atoms with Crippen molar-refractivity contribution in [2.24, 2.45) is 22.5 Å². The second-order valence-electron chi connectivity index (χ2n) is 5.76. The molecule has 0 saturated heterocycles. The summed E-state index contributed by atoms with van der Waals surface area (Å²) in [5, 5.41) is 2.98. The third kappa shape index (κ3) is 1.84. The summed E-state index contributed by atoms with van der Waals surface area (Å²) in [6.45, 7) is 5.67. The van der Waals surface area contributed by atoms with Crippen LogP contribution in [0.5, 0.6) is 0 Å². The fourth-order valence-electron chi connectivity index (χ4n) is 3.71. The fourth-order valence-corrected chi connectivity index (χ4v) is 3.71. The van der Waals surface area contributed by atoms with Crippen LogP contribution in [0.2, 0.25) is 0 Å². The molecule has 16 heavy (non-hydrogen) atoms. The Morgan fingerprint density at radius 2 is 1.94 bits per heavy atom. The summed E-state index contributed by atoms with van der Waals surface area (Å²) < 4.78 is 0. The minimum absolute atomic E-state index is 0. The molecule has 2 saturated carbocycles. The number of amides is 1. The van der Waals surface area contributed by atoms with E-state index < -0.39 is 0 Å². The van der Waals surface area contributed by atoms with Crippen molar-refractivity contribution in [2.45, 2.75) is 39.5 Å². The van der Waals surface area contributed by atoms with Gasteiger partial charge in [0, 0.05) is 6.54 Å². The summed E-state index contributed by atoms with van der Waals surface area (Å²) in [4.78, 5) is 11.2. The van der Waals surface area contributed by atoms with Gasteiger partial charge in [0.2, 0.25) is 5.91 Å². The smallest absolute Gasteiger partial charge is 0.233 e. The van der Waals surface area contributed by atoms with E-state index in [0.29, 0.717) is 10.8 Å². The number of nitrogens with one attached hydrogen (secondary N) is 1. The lowest BCUT2D eigenvalue weighted by atomic mass is 9.69. The number of hydrogen-bond donors (Lipinski definition) is 2. The van der Waals surface area contributed by atoms with Crippen LogP contribution in [0.4, 0.5) is 0 Å². The van der Waals surface area contributed by atoms with Gasteiger partial charge in [-0.05, 0) is 42.4 Å².